The van der Waals surface area contributed by atoms with Gasteiger partial charge in [-0.25, -0.2) is 8.42 Å². The van der Waals surface area contributed by atoms with Gasteiger partial charge >= 0.3 is 0 Å². The molecule has 0 unspecified atom stereocenters. The molecule has 2 aromatic rings. The van der Waals surface area contributed by atoms with Gasteiger partial charge < -0.3 is 14.9 Å². The normalized spacial score (nSPS) is 15.9. The fraction of sp³-hybridized carbons (Fsp3) is 0.368. The van der Waals surface area contributed by atoms with E-state index in [-0.39, 0.29) is 11.5 Å². The third-order valence-electron chi connectivity index (χ3n) is 4.66. The van der Waals surface area contributed by atoms with Crippen molar-refractivity contribution in [3.05, 3.63) is 53.6 Å². The van der Waals surface area contributed by atoms with Crippen molar-refractivity contribution in [3.8, 4) is 0 Å². The van der Waals surface area contributed by atoms with Gasteiger partial charge in [0.05, 0.1) is 22.9 Å². The van der Waals surface area contributed by atoms with Crippen LogP contribution in [0.5, 0.6) is 0 Å². The van der Waals surface area contributed by atoms with Crippen LogP contribution in [0.15, 0.2) is 47.4 Å². The van der Waals surface area contributed by atoms with E-state index < -0.39 is 10.0 Å². The molecule has 1 aliphatic rings. The highest BCUT2D eigenvalue weighted by Crippen LogP contribution is 2.30. The molecule has 2 N–H and O–H groups in total. The van der Waals surface area contributed by atoms with Gasteiger partial charge in [-0.2, -0.15) is 0 Å². The van der Waals surface area contributed by atoms with E-state index in [0.29, 0.717) is 11.3 Å². The van der Waals surface area contributed by atoms with Gasteiger partial charge in [-0.3, -0.25) is 4.72 Å². The minimum atomic E-state index is -3.70. The molecule has 3 rings (SSSR count). The lowest BCUT2D eigenvalue weighted by molar-refractivity contribution is 0.282. The Labute approximate surface area is 155 Å². The second-order valence-electron chi connectivity index (χ2n) is 6.72. The van der Waals surface area contributed by atoms with Gasteiger partial charge in [-0.15, -0.1) is 0 Å². The molecule has 1 aliphatic heterocycles. The predicted molar refractivity (Wildman–Crippen MR) is 104 cm³/mol. The molecule has 26 heavy (non-hydrogen) atoms. The number of aliphatic hydroxyl groups is 1. The lowest BCUT2D eigenvalue weighted by Crippen LogP contribution is -2.44. The molecule has 0 aliphatic carbocycles. The summed E-state index contributed by atoms with van der Waals surface area (Å²) in [7, 11) is -1.62. The summed E-state index contributed by atoms with van der Waals surface area (Å²) in [6.07, 6.45) is 0. The Kier molecular flexibility index (Phi) is 5.50. The Morgan fingerprint density at radius 1 is 1.04 bits per heavy atom. The SMILES string of the molecule is Cc1ccc(S(=O)(=O)Nc2cc(CO)ccc2N2CCN(C)CC2)cc1. The maximum absolute atomic E-state index is 12.8. The number of nitrogens with zero attached hydrogens (tertiary/aromatic N) is 2. The molecule has 1 heterocycles. The number of piperazine rings is 1. The van der Waals surface area contributed by atoms with Crippen LogP contribution in [-0.2, 0) is 16.6 Å². The number of hydrogen-bond acceptors (Lipinski definition) is 5. The molecule has 2 aromatic carbocycles. The first-order valence-electron chi connectivity index (χ1n) is 8.66. The van der Waals surface area contributed by atoms with Crippen LogP contribution in [0, 0.1) is 6.92 Å². The number of benzene rings is 2. The molecule has 0 bridgehead atoms. The van der Waals surface area contributed by atoms with Crippen molar-refractivity contribution < 1.29 is 13.5 Å². The highest BCUT2D eigenvalue weighted by molar-refractivity contribution is 7.92. The number of rotatable bonds is 5. The Bertz CT molecular complexity index is 858. The Hall–Kier alpha value is -2.09. The maximum atomic E-state index is 12.8. The summed E-state index contributed by atoms with van der Waals surface area (Å²) in [4.78, 5) is 4.64. The first-order chi connectivity index (χ1) is 12.4. The Balaban J connectivity index is 1.93. The molecule has 0 saturated carbocycles. The van der Waals surface area contributed by atoms with E-state index >= 15 is 0 Å². The van der Waals surface area contributed by atoms with Crippen LogP contribution in [0.25, 0.3) is 0 Å². The molecule has 0 spiro atoms. The van der Waals surface area contributed by atoms with Gasteiger partial charge in [0.2, 0.25) is 0 Å². The summed E-state index contributed by atoms with van der Waals surface area (Å²) < 4.78 is 28.3. The molecule has 0 radical (unpaired) electrons. The number of aryl methyl sites for hydroxylation is 1. The molecular weight excluding hydrogens is 350 g/mol. The van der Waals surface area contributed by atoms with Gasteiger partial charge in [-0.05, 0) is 43.8 Å². The average Bonchev–Trinajstić information content (AvgIpc) is 2.62. The number of nitrogens with one attached hydrogen (secondary N) is 1. The summed E-state index contributed by atoms with van der Waals surface area (Å²) in [5, 5.41) is 9.45. The third-order valence-corrected chi connectivity index (χ3v) is 6.04. The topological polar surface area (TPSA) is 72.9 Å². The van der Waals surface area contributed by atoms with Gasteiger partial charge in [0.25, 0.3) is 10.0 Å². The summed E-state index contributed by atoms with van der Waals surface area (Å²) in [5.74, 6) is 0. The molecule has 0 amide bonds. The second kappa shape index (κ2) is 7.65. The van der Waals surface area contributed by atoms with Crippen molar-refractivity contribution in [1.29, 1.82) is 0 Å². The third kappa shape index (κ3) is 4.17. The molecule has 1 saturated heterocycles. The van der Waals surface area contributed by atoms with Crippen molar-refractivity contribution in [2.75, 3.05) is 42.8 Å². The van der Waals surface area contributed by atoms with Crippen molar-refractivity contribution in [1.82, 2.24) is 4.90 Å². The molecule has 1 fully saturated rings. The Morgan fingerprint density at radius 3 is 2.31 bits per heavy atom. The summed E-state index contributed by atoms with van der Waals surface area (Å²) >= 11 is 0. The van der Waals surface area contributed by atoms with Crippen LogP contribution in [0.1, 0.15) is 11.1 Å². The zero-order chi connectivity index (χ0) is 18.7. The van der Waals surface area contributed by atoms with E-state index in [0.717, 1.165) is 37.4 Å². The van der Waals surface area contributed by atoms with Gasteiger partial charge in [0.1, 0.15) is 0 Å². The molecule has 0 atom stereocenters. The van der Waals surface area contributed by atoms with E-state index in [4.69, 9.17) is 0 Å². The van der Waals surface area contributed by atoms with Crippen LogP contribution < -0.4 is 9.62 Å². The van der Waals surface area contributed by atoms with Crippen molar-refractivity contribution >= 4 is 21.4 Å². The van der Waals surface area contributed by atoms with Gasteiger partial charge in [-0.1, -0.05) is 23.8 Å². The monoisotopic (exact) mass is 375 g/mol. The van der Waals surface area contributed by atoms with E-state index in [1.807, 2.05) is 19.1 Å². The fourth-order valence-corrected chi connectivity index (χ4v) is 4.07. The summed E-state index contributed by atoms with van der Waals surface area (Å²) in [6, 6.07) is 12.2. The van der Waals surface area contributed by atoms with Crippen LogP contribution in [0.2, 0.25) is 0 Å². The molecule has 7 heteroatoms. The molecule has 6 nitrogen and oxygen atoms in total. The van der Waals surface area contributed by atoms with Gasteiger partial charge in [0, 0.05) is 26.2 Å². The van der Waals surface area contributed by atoms with E-state index in [1.165, 1.54) is 0 Å². The number of anilines is 2. The zero-order valence-electron chi connectivity index (χ0n) is 15.1. The molecule has 0 aromatic heterocycles. The fourth-order valence-electron chi connectivity index (χ4n) is 3.01. The lowest BCUT2D eigenvalue weighted by atomic mass is 10.1. The summed E-state index contributed by atoms with van der Waals surface area (Å²) in [6.45, 7) is 5.28. The number of hydrogen-bond donors (Lipinski definition) is 2. The zero-order valence-corrected chi connectivity index (χ0v) is 16.0. The smallest absolute Gasteiger partial charge is 0.261 e. The first-order valence-corrected chi connectivity index (χ1v) is 10.1. The summed E-state index contributed by atoms with van der Waals surface area (Å²) in [5.41, 5.74) is 3.02. The van der Waals surface area contributed by atoms with Crippen molar-refractivity contribution in [2.24, 2.45) is 0 Å². The second-order valence-corrected chi connectivity index (χ2v) is 8.40. The van der Waals surface area contributed by atoms with Crippen LogP contribution in [0.3, 0.4) is 0 Å². The number of aliphatic hydroxyl groups excluding tert-OH is 1. The quantitative estimate of drug-likeness (QED) is 0.837. The van der Waals surface area contributed by atoms with Crippen molar-refractivity contribution in [3.63, 3.8) is 0 Å². The molecular formula is C19H25N3O3S. The molecule has 140 valence electrons. The Morgan fingerprint density at radius 2 is 1.69 bits per heavy atom. The minimum absolute atomic E-state index is 0.137. The highest BCUT2D eigenvalue weighted by atomic mass is 32.2. The van der Waals surface area contributed by atoms with Crippen LogP contribution >= 0.6 is 0 Å². The highest BCUT2D eigenvalue weighted by Gasteiger charge is 2.21. The average molecular weight is 375 g/mol. The first kappa shape index (κ1) is 18.7. The van der Waals surface area contributed by atoms with Crippen molar-refractivity contribution in [2.45, 2.75) is 18.4 Å². The minimum Gasteiger partial charge on any atom is -0.392 e. The number of sulfonamides is 1. The van der Waals surface area contributed by atoms with Crippen LogP contribution in [-0.4, -0.2) is 51.7 Å². The number of likely N-dealkylation sites (N-methyl/N-ethyl adjacent to an activating group) is 1. The lowest BCUT2D eigenvalue weighted by Gasteiger charge is -2.35. The van der Waals surface area contributed by atoms with E-state index in [2.05, 4.69) is 21.6 Å². The largest absolute Gasteiger partial charge is 0.392 e. The van der Waals surface area contributed by atoms with Gasteiger partial charge in [0.15, 0.2) is 0 Å². The maximum Gasteiger partial charge on any atom is 0.261 e. The van der Waals surface area contributed by atoms with Crippen LogP contribution in [0.4, 0.5) is 11.4 Å². The standard InChI is InChI=1S/C19H25N3O3S/c1-15-3-6-17(7-4-15)26(24,25)20-18-13-16(14-23)5-8-19(18)22-11-9-21(2)10-12-22/h3-8,13,20,23H,9-12,14H2,1-2H3. The van der Waals surface area contributed by atoms with E-state index in [1.54, 1.807) is 30.3 Å². The van der Waals surface area contributed by atoms with E-state index in [9.17, 15) is 13.5 Å². The predicted octanol–water partition coefficient (Wildman–Crippen LogP) is 2.04.